The zero-order chi connectivity index (χ0) is 21.8. The van der Waals surface area contributed by atoms with Crippen molar-refractivity contribution in [2.45, 2.75) is 64.1 Å². The van der Waals surface area contributed by atoms with Crippen LogP contribution in [-0.4, -0.2) is 57.8 Å². The van der Waals surface area contributed by atoms with E-state index in [1.54, 1.807) is 6.92 Å². The molecule has 0 saturated carbocycles. The minimum atomic E-state index is 0.0483. The molecule has 4 heterocycles. The van der Waals surface area contributed by atoms with Gasteiger partial charge in [-0.3, -0.25) is 14.5 Å². The Kier molecular flexibility index (Phi) is 4.98. The van der Waals surface area contributed by atoms with Crippen molar-refractivity contribution in [1.82, 2.24) is 14.4 Å². The molecular weight excluding hydrogens is 398 g/mol. The molecule has 5 heteroatoms. The van der Waals surface area contributed by atoms with Gasteiger partial charge < -0.3 is 9.47 Å². The number of carbonyl (C=O) groups is 2. The van der Waals surface area contributed by atoms with Crippen LogP contribution < -0.4 is 0 Å². The molecule has 1 aliphatic carbocycles. The number of piperidine rings is 3. The van der Waals surface area contributed by atoms with Gasteiger partial charge >= 0.3 is 0 Å². The molecule has 2 bridgehead atoms. The highest BCUT2D eigenvalue weighted by atomic mass is 16.2. The monoisotopic (exact) mass is 431 g/mol. The minimum Gasteiger partial charge on any atom is -0.337 e. The van der Waals surface area contributed by atoms with Crippen molar-refractivity contribution in [3.05, 3.63) is 47.7 Å². The lowest BCUT2D eigenvalue weighted by molar-refractivity contribution is -0.136. The van der Waals surface area contributed by atoms with E-state index in [4.69, 9.17) is 0 Å². The topological polar surface area (TPSA) is 45.6 Å². The normalized spacial score (nSPS) is 29.9. The van der Waals surface area contributed by atoms with Crippen LogP contribution in [0, 0.1) is 11.8 Å². The van der Waals surface area contributed by atoms with Crippen molar-refractivity contribution in [3.63, 3.8) is 0 Å². The average molecular weight is 432 g/mol. The molecule has 32 heavy (non-hydrogen) atoms. The highest BCUT2D eigenvalue weighted by molar-refractivity contribution is 6.07. The number of hydrogen-bond acceptors (Lipinski definition) is 3. The Bertz CT molecular complexity index is 1100. The third-order valence-corrected chi connectivity index (χ3v) is 8.45. The Hall–Kier alpha value is -2.40. The summed E-state index contributed by atoms with van der Waals surface area (Å²) in [6.07, 6.45) is 11.9. The third-order valence-electron chi connectivity index (χ3n) is 8.45. The molecule has 0 unspecified atom stereocenters. The summed E-state index contributed by atoms with van der Waals surface area (Å²) >= 11 is 0. The predicted octanol–water partition coefficient (Wildman–Crippen LogP) is 4.27. The molecular formula is C27H33N3O2. The van der Waals surface area contributed by atoms with Crippen molar-refractivity contribution in [2.75, 3.05) is 19.6 Å². The number of likely N-dealkylation sites (tertiary alicyclic amines) is 1. The van der Waals surface area contributed by atoms with Crippen molar-refractivity contribution in [2.24, 2.45) is 11.8 Å². The van der Waals surface area contributed by atoms with E-state index in [0.717, 1.165) is 42.9 Å². The van der Waals surface area contributed by atoms with Crippen molar-refractivity contribution in [3.8, 4) is 0 Å². The summed E-state index contributed by atoms with van der Waals surface area (Å²) in [7, 11) is 0. The molecule has 5 nitrogen and oxygen atoms in total. The van der Waals surface area contributed by atoms with E-state index in [-0.39, 0.29) is 17.7 Å². The number of para-hydroxylation sites is 1. The van der Waals surface area contributed by atoms with Gasteiger partial charge in [0.2, 0.25) is 5.91 Å². The van der Waals surface area contributed by atoms with Gasteiger partial charge in [0.1, 0.15) is 6.54 Å². The molecule has 3 aliphatic heterocycles. The van der Waals surface area contributed by atoms with Gasteiger partial charge in [-0.1, -0.05) is 36.3 Å². The number of ketones is 1. The van der Waals surface area contributed by atoms with Crippen molar-refractivity contribution < 1.29 is 9.59 Å². The van der Waals surface area contributed by atoms with Crippen LogP contribution >= 0.6 is 0 Å². The molecule has 4 aliphatic rings. The summed E-state index contributed by atoms with van der Waals surface area (Å²) in [5.41, 5.74) is 3.20. The number of rotatable bonds is 3. The second-order valence-electron chi connectivity index (χ2n) is 10.3. The van der Waals surface area contributed by atoms with Crippen LogP contribution in [0.15, 0.2) is 42.1 Å². The molecule has 0 radical (unpaired) electrons. The van der Waals surface area contributed by atoms with Gasteiger partial charge in [-0.05, 0) is 63.5 Å². The summed E-state index contributed by atoms with van der Waals surface area (Å²) in [5.74, 6) is 1.48. The number of benzene rings is 1. The van der Waals surface area contributed by atoms with E-state index in [0.29, 0.717) is 23.9 Å². The molecule has 1 amide bonds. The molecule has 4 atom stereocenters. The molecule has 2 aromatic rings. The molecule has 6 rings (SSSR count). The van der Waals surface area contributed by atoms with Gasteiger partial charge in [-0.25, -0.2) is 0 Å². The van der Waals surface area contributed by atoms with E-state index in [1.165, 1.54) is 37.8 Å². The largest absolute Gasteiger partial charge is 0.337 e. The molecule has 0 spiro atoms. The molecule has 168 valence electrons. The fourth-order valence-corrected chi connectivity index (χ4v) is 7.15. The zero-order valence-electron chi connectivity index (χ0n) is 19.0. The summed E-state index contributed by atoms with van der Waals surface area (Å²) < 4.78 is 1.99. The smallest absolute Gasteiger partial charge is 0.243 e. The minimum absolute atomic E-state index is 0.0483. The van der Waals surface area contributed by atoms with Crippen LogP contribution in [0.4, 0.5) is 0 Å². The van der Waals surface area contributed by atoms with Crippen LogP contribution in [-0.2, 0) is 11.3 Å². The lowest BCUT2D eigenvalue weighted by Crippen LogP contribution is -2.60. The molecule has 3 fully saturated rings. The maximum Gasteiger partial charge on any atom is 0.243 e. The number of carbonyl (C=O) groups excluding carboxylic acids is 2. The van der Waals surface area contributed by atoms with Gasteiger partial charge in [0.05, 0.1) is 6.04 Å². The lowest BCUT2D eigenvalue weighted by Gasteiger charge is -2.54. The lowest BCUT2D eigenvalue weighted by atomic mass is 9.68. The van der Waals surface area contributed by atoms with E-state index >= 15 is 0 Å². The Morgan fingerprint density at radius 2 is 1.97 bits per heavy atom. The highest BCUT2D eigenvalue weighted by Crippen LogP contribution is 2.45. The Morgan fingerprint density at radius 3 is 2.84 bits per heavy atom. The fourth-order valence-electron chi connectivity index (χ4n) is 7.15. The molecule has 0 N–H and O–H groups in total. The average Bonchev–Trinajstić information content (AvgIpc) is 3.17. The highest BCUT2D eigenvalue weighted by Gasteiger charge is 2.46. The molecule has 1 aromatic heterocycles. The van der Waals surface area contributed by atoms with Crippen LogP contribution in [0.5, 0.6) is 0 Å². The first kappa shape index (κ1) is 20.2. The zero-order valence-corrected chi connectivity index (χ0v) is 19.0. The fraction of sp³-hybridized carbons (Fsp3) is 0.556. The van der Waals surface area contributed by atoms with Crippen molar-refractivity contribution in [1.29, 1.82) is 0 Å². The van der Waals surface area contributed by atoms with Gasteiger partial charge in [0, 0.05) is 41.8 Å². The molecule has 1 aromatic carbocycles. The Labute approximate surface area is 190 Å². The second-order valence-corrected chi connectivity index (χ2v) is 10.3. The predicted molar refractivity (Wildman–Crippen MR) is 126 cm³/mol. The first-order chi connectivity index (χ1) is 15.6. The van der Waals surface area contributed by atoms with Gasteiger partial charge in [0.15, 0.2) is 5.78 Å². The number of aromatic nitrogens is 1. The number of Topliss-reactive ketones (excluding diaryl/α,β-unsaturated/α-hetero) is 1. The third kappa shape index (κ3) is 3.24. The number of fused-ring (bicyclic) bond motifs is 7. The maximum absolute atomic E-state index is 13.7. The first-order valence-corrected chi connectivity index (χ1v) is 12.4. The molecule has 3 saturated heterocycles. The number of nitrogens with zero attached hydrogens (tertiary/aromatic N) is 3. The van der Waals surface area contributed by atoms with E-state index in [2.05, 4.69) is 15.9 Å². The second kappa shape index (κ2) is 7.87. The van der Waals surface area contributed by atoms with E-state index in [9.17, 15) is 9.59 Å². The Morgan fingerprint density at radius 1 is 1.09 bits per heavy atom. The summed E-state index contributed by atoms with van der Waals surface area (Å²) in [6, 6.07) is 8.93. The van der Waals surface area contributed by atoms with E-state index < -0.39 is 0 Å². The summed E-state index contributed by atoms with van der Waals surface area (Å²) in [5, 5.41) is 0.941. The van der Waals surface area contributed by atoms with Crippen LogP contribution in [0.3, 0.4) is 0 Å². The summed E-state index contributed by atoms with van der Waals surface area (Å²) in [4.78, 5) is 30.7. The number of hydrogen-bond donors (Lipinski definition) is 0. The van der Waals surface area contributed by atoms with E-state index in [1.807, 2.05) is 35.0 Å². The van der Waals surface area contributed by atoms with Gasteiger partial charge in [0.25, 0.3) is 0 Å². The quantitative estimate of drug-likeness (QED) is 0.539. The van der Waals surface area contributed by atoms with Gasteiger partial charge in [-0.15, -0.1) is 0 Å². The number of amides is 1. The van der Waals surface area contributed by atoms with Crippen LogP contribution in [0.25, 0.3) is 10.9 Å². The Balaban J connectivity index is 1.29. The summed E-state index contributed by atoms with van der Waals surface area (Å²) in [6.45, 7) is 5.13. The van der Waals surface area contributed by atoms with Gasteiger partial charge in [-0.2, -0.15) is 0 Å². The van der Waals surface area contributed by atoms with Crippen molar-refractivity contribution >= 4 is 22.6 Å². The standard InChI is InChI=1S/C27H33N3O2/c1-18(31)23-16-29(25-10-3-2-8-22(23)25)17-26(32)30-12-6-7-19-13-20-14-21(27(19)30)15-28-11-5-4-9-24(20)28/h2-3,8,10,13,16,20-21,24,27H,4-7,9,11-12,14-15,17H2,1H3/t20-,21-,24-,27+/m0/s1. The SMILES string of the molecule is CC(=O)c1cn(CC(=O)N2CCCC3=C[C@H]4C[C@@H](CN5CCCC[C@@H]45)[C@@H]32)c2ccccc12. The van der Waals surface area contributed by atoms with Crippen LogP contribution in [0.1, 0.15) is 55.8 Å². The van der Waals surface area contributed by atoms with Crippen LogP contribution in [0.2, 0.25) is 0 Å². The maximum atomic E-state index is 13.7. The first-order valence-electron chi connectivity index (χ1n) is 12.4.